The molecule has 0 heterocycles. The van der Waals surface area contributed by atoms with Crippen LogP contribution in [0.4, 0.5) is 14.5 Å². The van der Waals surface area contributed by atoms with E-state index in [1.54, 1.807) is 37.4 Å². The third-order valence-electron chi connectivity index (χ3n) is 3.63. The highest BCUT2D eigenvalue weighted by molar-refractivity contribution is 7.99. The Labute approximate surface area is 166 Å². The molecule has 0 aliphatic rings. The molecule has 0 radical (unpaired) electrons. The molecule has 2 aromatic carbocycles. The number of carbonyl (C=O) groups is 1. The van der Waals surface area contributed by atoms with Gasteiger partial charge in [-0.05, 0) is 29.8 Å². The van der Waals surface area contributed by atoms with Crippen molar-refractivity contribution in [2.45, 2.75) is 12.4 Å². The first-order valence-corrected chi connectivity index (χ1v) is 9.33. The van der Waals surface area contributed by atoms with Crippen molar-refractivity contribution in [3.05, 3.63) is 42.0 Å². The van der Waals surface area contributed by atoms with Gasteiger partial charge in [0.1, 0.15) is 11.5 Å². The number of nitrogens with one attached hydrogen (secondary N) is 1. The molecule has 0 unspecified atom stereocenters. The summed E-state index contributed by atoms with van der Waals surface area (Å²) >= 11 is 1.37. The summed E-state index contributed by atoms with van der Waals surface area (Å²) in [6, 6.07) is 9.78. The van der Waals surface area contributed by atoms with Crippen LogP contribution in [0.1, 0.15) is 5.56 Å². The summed E-state index contributed by atoms with van der Waals surface area (Å²) in [5.74, 6) is 1.81. The molecule has 0 atom stereocenters. The summed E-state index contributed by atoms with van der Waals surface area (Å²) in [6.07, 6.45) is 0. The molecule has 0 saturated carbocycles. The Balaban J connectivity index is 1.90. The predicted molar refractivity (Wildman–Crippen MR) is 104 cm³/mol. The monoisotopic (exact) mass is 413 g/mol. The summed E-state index contributed by atoms with van der Waals surface area (Å²) < 4.78 is 44.5. The van der Waals surface area contributed by atoms with Gasteiger partial charge in [0.25, 0.3) is 0 Å². The Kier molecular flexibility index (Phi) is 8.19. The van der Waals surface area contributed by atoms with Gasteiger partial charge in [0.15, 0.2) is 11.5 Å². The third kappa shape index (κ3) is 6.19. The molecule has 28 heavy (non-hydrogen) atoms. The molecular weight excluding hydrogens is 392 g/mol. The quantitative estimate of drug-likeness (QED) is 0.630. The number of methoxy groups -OCH3 is 3. The van der Waals surface area contributed by atoms with E-state index in [4.69, 9.17) is 14.2 Å². The largest absolute Gasteiger partial charge is 0.497 e. The van der Waals surface area contributed by atoms with Crippen molar-refractivity contribution in [2.24, 2.45) is 0 Å². The molecule has 1 N–H and O–H groups in total. The molecule has 2 rings (SSSR count). The molecule has 152 valence electrons. The fourth-order valence-corrected chi connectivity index (χ4v) is 3.12. The lowest BCUT2D eigenvalue weighted by atomic mass is 10.2. The lowest BCUT2D eigenvalue weighted by Gasteiger charge is -2.12. The van der Waals surface area contributed by atoms with Crippen LogP contribution in [0.2, 0.25) is 0 Å². The molecular formula is C19H21F2NO5S. The molecule has 9 heteroatoms. The number of hydrogen-bond acceptors (Lipinski definition) is 6. The van der Waals surface area contributed by atoms with E-state index < -0.39 is 6.61 Å². The number of amides is 1. The minimum atomic E-state index is -2.92. The standard InChI is InChI=1S/C19H21F2NO5S/c1-24-13-5-6-14(16(9-13)25-2)22-18(23)11-28-10-12-4-7-15(27-19(20)21)17(8-12)26-3/h4-9,19H,10-11H2,1-3H3,(H,22,23). The van der Waals surface area contributed by atoms with Crippen LogP contribution in [0.15, 0.2) is 36.4 Å². The van der Waals surface area contributed by atoms with Gasteiger partial charge in [-0.1, -0.05) is 6.07 Å². The highest BCUT2D eigenvalue weighted by Crippen LogP contribution is 2.31. The molecule has 1 amide bonds. The van der Waals surface area contributed by atoms with Gasteiger partial charge in [-0.15, -0.1) is 11.8 Å². The van der Waals surface area contributed by atoms with Crippen LogP contribution in [-0.4, -0.2) is 39.6 Å². The Morgan fingerprint density at radius 1 is 1.00 bits per heavy atom. The van der Waals surface area contributed by atoms with Gasteiger partial charge in [0.2, 0.25) is 5.91 Å². The molecule has 6 nitrogen and oxygen atoms in total. The average Bonchev–Trinajstić information content (AvgIpc) is 2.68. The highest BCUT2D eigenvalue weighted by atomic mass is 32.2. The Hall–Kier alpha value is -2.68. The second-order valence-electron chi connectivity index (χ2n) is 5.47. The summed E-state index contributed by atoms with van der Waals surface area (Å²) in [5.41, 5.74) is 1.36. The topological polar surface area (TPSA) is 66.0 Å². The summed E-state index contributed by atoms with van der Waals surface area (Å²) in [6.45, 7) is -2.92. The smallest absolute Gasteiger partial charge is 0.387 e. The van der Waals surface area contributed by atoms with Crippen LogP contribution in [0, 0.1) is 0 Å². The van der Waals surface area contributed by atoms with Gasteiger partial charge in [0, 0.05) is 11.8 Å². The van der Waals surface area contributed by atoms with Gasteiger partial charge in [-0.25, -0.2) is 0 Å². The number of rotatable bonds is 10. The zero-order valence-corrected chi connectivity index (χ0v) is 16.5. The van der Waals surface area contributed by atoms with E-state index >= 15 is 0 Å². The van der Waals surface area contributed by atoms with Crippen LogP contribution in [-0.2, 0) is 10.5 Å². The van der Waals surface area contributed by atoms with Crippen molar-refractivity contribution in [3.8, 4) is 23.0 Å². The molecule has 0 aromatic heterocycles. The van der Waals surface area contributed by atoms with Crippen LogP contribution >= 0.6 is 11.8 Å². The first kappa shape index (κ1) is 21.6. The third-order valence-corrected chi connectivity index (χ3v) is 4.63. The van der Waals surface area contributed by atoms with Crippen molar-refractivity contribution in [1.82, 2.24) is 0 Å². The molecule has 0 bridgehead atoms. The van der Waals surface area contributed by atoms with Crippen LogP contribution in [0.3, 0.4) is 0 Å². The Bertz CT molecular complexity index is 804. The van der Waals surface area contributed by atoms with Gasteiger partial charge in [-0.2, -0.15) is 8.78 Å². The number of thioether (sulfide) groups is 1. The van der Waals surface area contributed by atoms with Crippen LogP contribution in [0.5, 0.6) is 23.0 Å². The van der Waals surface area contributed by atoms with E-state index in [9.17, 15) is 13.6 Å². The molecule has 2 aromatic rings. The molecule has 0 fully saturated rings. The van der Waals surface area contributed by atoms with E-state index in [1.165, 1.54) is 32.0 Å². The number of anilines is 1. The van der Waals surface area contributed by atoms with E-state index in [1.807, 2.05) is 0 Å². The first-order chi connectivity index (χ1) is 13.5. The minimum Gasteiger partial charge on any atom is -0.497 e. The average molecular weight is 413 g/mol. The Morgan fingerprint density at radius 3 is 2.39 bits per heavy atom. The summed E-state index contributed by atoms with van der Waals surface area (Å²) in [7, 11) is 4.43. The zero-order valence-electron chi connectivity index (χ0n) is 15.7. The fourth-order valence-electron chi connectivity index (χ4n) is 2.34. The number of benzene rings is 2. The van der Waals surface area contributed by atoms with E-state index in [2.05, 4.69) is 10.1 Å². The first-order valence-electron chi connectivity index (χ1n) is 8.18. The van der Waals surface area contributed by atoms with Gasteiger partial charge in [-0.3, -0.25) is 4.79 Å². The Morgan fingerprint density at radius 2 is 1.75 bits per heavy atom. The predicted octanol–water partition coefficient (Wildman–Crippen LogP) is 4.19. The van der Waals surface area contributed by atoms with Gasteiger partial charge < -0.3 is 24.3 Å². The maximum Gasteiger partial charge on any atom is 0.387 e. The molecule has 0 aliphatic heterocycles. The SMILES string of the molecule is COc1ccc(NC(=O)CSCc2ccc(OC(F)F)c(OC)c2)c(OC)c1. The number of halogens is 2. The van der Waals surface area contributed by atoms with Crippen molar-refractivity contribution in [3.63, 3.8) is 0 Å². The normalized spacial score (nSPS) is 10.5. The van der Waals surface area contributed by atoms with E-state index in [-0.39, 0.29) is 23.2 Å². The fraction of sp³-hybridized carbons (Fsp3) is 0.316. The second kappa shape index (κ2) is 10.6. The van der Waals surface area contributed by atoms with Crippen molar-refractivity contribution in [1.29, 1.82) is 0 Å². The minimum absolute atomic E-state index is 0.0319. The number of ether oxygens (including phenoxy) is 4. The lowest BCUT2D eigenvalue weighted by Crippen LogP contribution is -2.14. The maximum atomic E-state index is 12.4. The summed E-state index contributed by atoms with van der Waals surface area (Å²) in [5, 5.41) is 2.78. The van der Waals surface area contributed by atoms with Crippen molar-refractivity contribution in [2.75, 3.05) is 32.4 Å². The van der Waals surface area contributed by atoms with Gasteiger partial charge >= 0.3 is 6.61 Å². The van der Waals surface area contributed by atoms with E-state index in [0.717, 1.165) is 5.56 Å². The molecule has 0 aliphatic carbocycles. The van der Waals surface area contributed by atoms with Crippen LogP contribution < -0.4 is 24.3 Å². The molecule has 0 saturated heterocycles. The van der Waals surface area contributed by atoms with E-state index in [0.29, 0.717) is 22.9 Å². The zero-order chi connectivity index (χ0) is 20.5. The van der Waals surface area contributed by atoms with Crippen molar-refractivity contribution < 1.29 is 32.5 Å². The number of hydrogen-bond donors (Lipinski definition) is 1. The van der Waals surface area contributed by atoms with Crippen LogP contribution in [0.25, 0.3) is 0 Å². The van der Waals surface area contributed by atoms with Crippen molar-refractivity contribution >= 4 is 23.4 Å². The second-order valence-corrected chi connectivity index (χ2v) is 6.46. The maximum absolute atomic E-state index is 12.4. The van der Waals surface area contributed by atoms with Gasteiger partial charge in [0.05, 0.1) is 32.8 Å². The highest BCUT2D eigenvalue weighted by Gasteiger charge is 2.12. The number of carbonyl (C=O) groups excluding carboxylic acids is 1. The molecule has 0 spiro atoms. The number of alkyl halides is 2. The lowest BCUT2D eigenvalue weighted by molar-refractivity contribution is -0.113. The summed E-state index contributed by atoms with van der Waals surface area (Å²) in [4.78, 5) is 12.2.